The first-order valence-electron chi connectivity index (χ1n) is 11.9. The maximum atomic E-state index is 5.69. The van der Waals surface area contributed by atoms with E-state index in [4.69, 9.17) is 4.74 Å². The van der Waals surface area contributed by atoms with Gasteiger partial charge in [-0.3, -0.25) is 0 Å². The molecule has 1 heteroatoms. The topological polar surface area (TPSA) is 9.23 Å². The Kier molecular flexibility index (Phi) is 9.44. The Labute approximate surface area is 183 Å². The minimum atomic E-state index is 0.671. The van der Waals surface area contributed by atoms with Crippen LogP contribution >= 0.6 is 0 Å². The van der Waals surface area contributed by atoms with Gasteiger partial charge in [-0.05, 0) is 79.0 Å². The van der Waals surface area contributed by atoms with E-state index in [1.807, 2.05) is 0 Å². The van der Waals surface area contributed by atoms with Crippen molar-refractivity contribution in [2.45, 2.75) is 71.3 Å². The summed E-state index contributed by atoms with van der Waals surface area (Å²) >= 11 is 0. The predicted molar refractivity (Wildman–Crippen MR) is 130 cm³/mol. The van der Waals surface area contributed by atoms with Crippen molar-refractivity contribution in [3.05, 3.63) is 84.0 Å². The van der Waals surface area contributed by atoms with Gasteiger partial charge < -0.3 is 4.74 Å². The van der Waals surface area contributed by atoms with E-state index in [1.54, 1.807) is 0 Å². The van der Waals surface area contributed by atoms with Crippen molar-refractivity contribution < 1.29 is 4.74 Å². The lowest BCUT2D eigenvalue weighted by molar-refractivity contribution is 0.148. The van der Waals surface area contributed by atoms with E-state index < -0.39 is 0 Å². The molecule has 0 heterocycles. The number of hydrogen-bond donors (Lipinski definition) is 0. The van der Waals surface area contributed by atoms with E-state index in [9.17, 15) is 0 Å². The molecule has 0 aliphatic heterocycles. The van der Waals surface area contributed by atoms with Gasteiger partial charge >= 0.3 is 0 Å². The molecule has 1 saturated carbocycles. The summed E-state index contributed by atoms with van der Waals surface area (Å²) in [5, 5.41) is 0. The number of allylic oxidation sites excluding steroid dienone is 3. The van der Waals surface area contributed by atoms with Crippen LogP contribution in [0.3, 0.4) is 0 Å². The van der Waals surface area contributed by atoms with E-state index in [1.165, 1.54) is 54.4 Å². The first-order chi connectivity index (χ1) is 14.8. The van der Waals surface area contributed by atoms with Crippen LogP contribution in [-0.2, 0) is 11.3 Å². The van der Waals surface area contributed by atoms with Gasteiger partial charge in [-0.25, -0.2) is 0 Å². The Balaban J connectivity index is 1.49. The van der Waals surface area contributed by atoms with Crippen LogP contribution < -0.4 is 0 Å². The van der Waals surface area contributed by atoms with Gasteiger partial charge in [-0.2, -0.15) is 0 Å². The van der Waals surface area contributed by atoms with Gasteiger partial charge in [0.15, 0.2) is 0 Å². The fourth-order valence-corrected chi connectivity index (χ4v) is 4.41. The van der Waals surface area contributed by atoms with Crippen molar-refractivity contribution in [1.82, 2.24) is 0 Å². The molecule has 0 radical (unpaired) electrons. The molecule has 0 atom stereocenters. The number of benzene rings is 2. The Morgan fingerprint density at radius 3 is 1.97 bits per heavy atom. The van der Waals surface area contributed by atoms with Crippen molar-refractivity contribution >= 4 is 0 Å². The fourth-order valence-electron chi connectivity index (χ4n) is 4.41. The minimum absolute atomic E-state index is 0.671. The fraction of sp³-hybridized carbons (Fsp3) is 0.448. The average Bonchev–Trinajstić information content (AvgIpc) is 2.80. The molecule has 1 fully saturated rings. The molecular weight excluding hydrogens is 364 g/mol. The Morgan fingerprint density at radius 2 is 1.33 bits per heavy atom. The zero-order valence-corrected chi connectivity index (χ0v) is 18.9. The van der Waals surface area contributed by atoms with Gasteiger partial charge in [0.1, 0.15) is 0 Å². The highest BCUT2D eigenvalue weighted by molar-refractivity contribution is 5.64. The van der Waals surface area contributed by atoms with Gasteiger partial charge in [-0.15, -0.1) is 0 Å². The maximum Gasteiger partial charge on any atom is 0.0721 e. The predicted octanol–water partition coefficient (Wildman–Crippen LogP) is 8.47. The van der Waals surface area contributed by atoms with Crippen LogP contribution in [0.2, 0.25) is 0 Å². The molecule has 1 nitrogen and oxygen atoms in total. The standard InChI is InChI=1S/C29H38O/c1-3-5-7-9-24-10-14-26(15-11-24)28-18-20-29(21-19-28)27-16-12-25(13-17-27)23-30-22-8-6-4-2/h5-8,12-13,16-21,24,26H,3-4,9-11,14-15,22-23H2,1-2H3. The molecule has 0 bridgehead atoms. The molecule has 0 amide bonds. The first kappa shape index (κ1) is 22.6. The minimum Gasteiger partial charge on any atom is -0.373 e. The van der Waals surface area contributed by atoms with Gasteiger partial charge in [0.05, 0.1) is 13.2 Å². The summed E-state index contributed by atoms with van der Waals surface area (Å²) in [6.45, 7) is 5.71. The molecule has 3 rings (SSSR count). The van der Waals surface area contributed by atoms with Crippen LogP contribution in [0.5, 0.6) is 0 Å². The summed E-state index contributed by atoms with van der Waals surface area (Å²) in [7, 11) is 0. The summed E-state index contributed by atoms with van der Waals surface area (Å²) in [6.07, 6.45) is 17.9. The smallest absolute Gasteiger partial charge is 0.0721 e. The molecule has 0 spiro atoms. The van der Waals surface area contributed by atoms with Crippen LogP contribution in [0.1, 0.15) is 75.8 Å². The summed E-state index contributed by atoms with van der Waals surface area (Å²) in [6, 6.07) is 18.1. The lowest BCUT2D eigenvalue weighted by atomic mass is 9.77. The van der Waals surface area contributed by atoms with Crippen LogP contribution in [0.15, 0.2) is 72.8 Å². The average molecular weight is 403 g/mol. The zero-order chi connectivity index (χ0) is 21.0. The summed E-state index contributed by atoms with van der Waals surface area (Å²) in [5.74, 6) is 1.64. The molecule has 2 aromatic carbocycles. The molecule has 2 aromatic rings. The van der Waals surface area contributed by atoms with Crippen molar-refractivity contribution in [2.75, 3.05) is 6.61 Å². The van der Waals surface area contributed by atoms with Gasteiger partial charge in [0, 0.05) is 0 Å². The van der Waals surface area contributed by atoms with E-state index in [-0.39, 0.29) is 0 Å². The third-order valence-corrected chi connectivity index (χ3v) is 6.27. The lowest BCUT2D eigenvalue weighted by Gasteiger charge is -2.28. The third-order valence-electron chi connectivity index (χ3n) is 6.27. The molecule has 160 valence electrons. The molecular formula is C29H38O. The molecule has 0 aromatic heterocycles. The van der Waals surface area contributed by atoms with Crippen LogP contribution in [-0.4, -0.2) is 6.61 Å². The van der Waals surface area contributed by atoms with Crippen molar-refractivity contribution in [1.29, 1.82) is 0 Å². The Bertz CT molecular complexity index is 774. The van der Waals surface area contributed by atoms with Crippen LogP contribution in [0.25, 0.3) is 11.1 Å². The van der Waals surface area contributed by atoms with E-state index in [0.717, 1.165) is 24.7 Å². The third kappa shape index (κ3) is 6.99. The summed E-state index contributed by atoms with van der Waals surface area (Å²) < 4.78 is 5.69. The lowest BCUT2D eigenvalue weighted by Crippen LogP contribution is -2.12. The molecule has 30 heavy (non-hydrogen) atoms. The number of rotatable bonds is 10. The van der Waals surface area contributed by atoms with Gasteiger partial charge in [0.25, 0.3) is 0 Å². The van der Waals surface area contributed by atoms with Crippen molar-refractivity contribution in [3.8, 4) is 11.1 Å². The first-order valence-corrected chi connectivity index (χ1v) is 11.9. The van der Waals surface area contributed by atoms with Crippen LogP contribution in [0, 0.1) is 5.92 Å². The highest BCUT2D eigenvalue weighted by atomic mass is 16.5. The maximum absolute atomic E-state index is 5.69. The van der Waals surface area contributed by atoms with E-state index in [2.05, 4.69) is 86.7 Å². The monoisotopic (exact) mass is 402 g/mol. The second kappa shape index (κ2) is 12.5. The molecule has 0 saturated heterocycles. The Morgan fingerprint density at radius 1 is 0.733 bits per heavy atom. The van der Waals surface area contributed by atoms with Crippen LogP contribution in [0.4, 0.5) is 0 Å². The second-order valence-electron chi connectivity index (χ2n) is 8.55. The van der Waals surface area contributed by atoms with Gasteiger partial charge in [-0.1, -0.05) is 86.7 Å². The highest BCUT2D eigenvalue weighted by Crippen LogP contribution is 2.37. The molecule has 1 aliphatic carbocycles. The Hall–Kier alpha value is -2.12. The van der Waals surface area contributed by atoms with Gasteiger partial charge in [0.2, 0.25) is 0 Å². The molecule has 0 unspecified atom stereocenters. The largest absolute Gasteiger partial charge is 0.373 e. The second-order valence-corrected chi connectivity index (χ2v) is 8.55. The molecule has 1 aliphatic rings. The normalized spacial score (nSPS) is 19.7. The molecule has 0 N–H and O–H groups in total. The van der Waals surface area contributed by atoms with E-state index in [0.29, 0.717) is 13.2 Å². The zero-order valence-electron chi connectivity index (χ0n) is 18.9. The van der Waals surface area contributed by atoms with Crippen molar-refractivity contribution in [3.63, 3.8) is 0 Å². The SMILES string of the molecule is CCC=CCOCc1ccc(-c2ccc(C3CCC(CC=CCC)CC3)cc2)cc1. The van der Waals surface area contributed by atoms with Crippen molar-refractivity contribution in [2.24, 2.45) is 5.92 Å². The summed E-state index contributed by atoms with van der Waals surface area (Å²) in [4.78, 5) is 0. The van der Waals surface area contributed by atoms with E-state index >= 15 is 0 Å². The highest BCUT2D eigenvalue weighted by Gasteiger charge is 2.21. The number of ether oxygens (including phenoxy) is 1. The summed E-state index contributed by atoms with van der Waals surface area (Å²) in [5.41, 5.74) is 5.33. The quantitative estimate of drug-likeness (QED) is 0.286. The number of hydrogen-bond acceptors (Lipinski definition) is 1.